The lowest BCUT2D eigenvalue weighted by Gasteiger charge is -2.22. The van der Waals surface area contributed by atoms with Crippen LogP contribution in [0.4, 0.5) is 0 Å². The van der Waals surface area contributed by atoms with Gasteiger partial charge in [-0.1, -0.05) is 13.8 Å². The van der Waals surface area contributed by atoms with Crippen LogP contribution in [0.5, 0.6) is 0 Å². The lowest BCUT2D eigenvalue weighted by Crippen LogP contribution is -2.26. The van der Waals surface area contributed by atoms with Crippen LogP contribution >= 0.6 is 23.1 Å². The number of rotatable bonds is 4. The van der Waals surface area contributed by atoms with Crippen molar-refractivity contribution in [1.82, 2.24) is 10.2 Å². The van der Waals surface area contributed by atoms with Crippen LogP contribution < -0.4 is 5.32 Å². The standard InChI is InChI=1S/C14H24N2S2/c1-14(2)6-7-16(8-9-17-14)11-13-5-4-12(18-13)10-15-3/h4-5,15H,6-11H2,1-3H3. The molecule has 0 spiro atoms. The van der Waals surface area contributed by atoms with Crippen LogP contribution in [-0.4, -0.2) is 35.5 Å². The summed E-state index contributed by atoms with van der Waals surface area (Å²) in [6.45, 7) is 9.33. The average molecular weight is 284 g/mol. The molecule has 2 heterocycles. The molecular weight excluding hydrogens is 260 g/mol. The first-order valence-electron chi connectivity index (χ1n) is 6.67. The van der Waals surface area contributed by atoms with E-state index in [-0.39, 0.29) is 0 Å². The third-order valence-electron chi connectivity index (χ3n) is 3.38. The van der Waals surface area contributed by atoms with Crippen molar-refractivity contribution >= 4 is 23.1 Å². The average Bonchev–Trinajstić information content (AvgIpc) is 2.66. The highest BCUT2D eigenvalue weighted by Crippen LogP contribution is 2.31. The maximum absolute atomic E-state index is 3.22. The highest BCUT2D eigenvalue weighted by molar-refractivity contribution is 8.00. The van der Waals surface area contributed by atoms with Crippen LogP contribution in [-0.2, 0) is 13.1 Å². The summed E-state index contributed by atoms with van der Waals surface area (Å²) >= 11 is 4.07. The summed E-state index contributed by atoms with van der Waals surface area (Å²) in [7, 11) is 2.01. The summed E-state index contributed by atoms with van der Waals surface area (Å²) < 4.78 is 0.460. The lowest BCUT2D eigenvalue weighted by atomic mass is 10.1. The van der Waals surface area contributed by atoms with Crippen molar-refractivity contribution in [2.45, 2.75) is 38.1 Å². The molecule has 4 heteroatoms. The lowest BCUT2D eigenvalue weighted by molar-refractivity contribution is 0.278. The van der Waals surface area contributed by atoms with E-state index in [0.29, 0.717) is 4.75 Å². The van der Waals surface area contributed by atoms with Crippen LogP contribution in [0.3, 0.4) is 0 Å². The maximum Gasteiger partial charge on any atom is 0.0328 e. The van der Waals surface area contributed by atoms with E-state index < -0.39 is 0 Å². The van der Waals surface area contributed by atoms with Gasteiger partial charge in [-0.3, -0.25) is 4.90 Å². The van der Waals surface area contributed by atoms with Crippen molar-refractivity contribution in [3.8, 4) is 0 Å². The molecule has 1 aromatic rings. The van der Waals surface area contributed by atoms with E-state index in [9.17, 15) is 0 Å². The normalized spacial score (nSPS) is 20.8. The van der Waals surface area contributed by atoms with Crippen LogP contribution in [0.25, 0.3) is 0 Å². The zero-order chi connectivity index (χ0) is 13.0. The van der Waals surface area contributed by atoms with Crippen LogP contribution in [0.2, 0.25) is 0 Å². The van der Waals surface area contributed by atoms with Gasteiger partial charge >= 0.3 is 0 Å². The van der Waals surface area contributed by atoms with Crippen molar-refractivity contribution in [3.05, 3.63) is 21.9 Å². The fourth-order valence-electron chi connectivity index (χ4n) is 2.22. The quantitative estimate of drug-likeness (QED) is 0.914. The second kappa shape index (κ2) is 6.42. The fourth-order valence-corrected chi connectivity index (χ4v) is 4.43. The van der Waals surface area contributed by atoms with Crippen molar-refractivity contribution in [1.29, 1.82) is 0 Å². The molecule has 0 radical (unpaired) electrons. The van der Waals surface area contributed by atoms with Gasteiger partial charge in [-0.05, 0) is 32.1 Å². The van der Waals surface area contributed by atoms with Gasteiger partial charge in [0.1, 0.15) is 0 Å². The van der Waals surface area contributed by atoms with Gasteiger partial charge in [-0.25, -0.2) is 0 Å². The predicted molar refractivity (Wildman–Crippen MR) is 83.5 cm³/mol. The van der Waals surface area contributed by atoms with Gasteiger partial charge in [-0.15, -0.1) is 11.3 Å². The third kappa shape index (κ3) is 4.26. The van der Waals surface area contributed by atoms with Gasteiger partial charge < -0.3 is 5.32 Å². The Hall–Kier alpha value is -0.0300. The predicted octanol–water partition coefficient (Wildman–Crippen LogP) is 3.19. The second-order valence-corrected chi connectivity index (χ2v) is 8.59. The van der Waals surface area contributed by atoms with Crippen LogP contribution in [0.15, 0.2) is 12.1 Å². The summed E-state index contributed by atoms with van der Waals surface area (Å²) in [6.07, 6.45) is 1.30. The van der Waals surface area contributed by atoms with Crippen molar-refractivity contribution in [3.63, 3.8) is 0 Å². The summed E-state index contributed by atoms with van der Waals surface area (Å²) in [6, 6.07) is 4.55. The van der Waals surface area contributed by atoms with Gasteiger partial charge in [0.2, 0.25) is 0 Å². The maximum atomic E-state index is 3.22. The molecule has 1 fully saturated rings. The Kier molecular flexibility index (Phi) is 5.13. The van der Waals surface area contributed by atoms with Crippen molar-refractivity contribution in [2.24, 2.45) is 0 Å². The van der Waals surface area contributed by atoms with E-state index >= 15 is 0 Å². The van der Waals surface area contributed by atoms with E-state index in [2.05, 4.69) is 48.0 Å². The molecule has 1 aliphatic heterocycles. The molecule has 0 atom stereocenters. The molecule has 0 aromatic carbocycles. The largest absolute Gasteiger partial charge is 0.315 e. The number of hydrogen-bond donors (Lipinski definition) is 1. The molecule has 0 unspecified atom stereocenters. The van der Waals surface area contributed by atoms with Gasteiger partial charge in [-0.2, -0.15) is 11.8 Å². The molecule has 1 aliphatic rings. The number of thioether (sulfide) groups is 1. The highest BCUT2D eigenvalue weighted by Gasteiger charge is 2.23. The van der Waals surface area contributed by atoms with Crippen LogP contribution in [0, 0.1) is 0 Å². The Bertz CT molecular complexity index is 374. The Labute approximate surface area is 119 Å². The van der Waals surface area contributed by atoms with E-state index in [1.807, 2.05) is 18.4 Å². The molecule has 1 N–H and O–H groups in total. The first kappa shape index (κ1) is 14.4. The molecule has 102 valence electrons. The molecule has 0 aliphatic carbocycles. The van der Waals surface area contributed by atoms with Gasteiger partial charge in [0.05, 0.1) is 0 Å². The molecular formula is C14H24N2S2. The number of nitrogens with one attached hydrogen (secondary N) is 1. The smallest absolute Gasteiger partial charge is 0.0328 e. The summed E-state index contributed by atoms with van der Waals surface area (Å²) in [4.78, 5) is 5.55. The van der Waals surface area contributed by atoms with Crippen molar-refractivity contribution in [2.75, 3.05) is 25.9 Å². The summed E-state index contributed by atoms with van der Waals surface area (Å²) in [5.41, 5.74) is 0. The monoisotopic (exact) mass is 284 g/mol. The summed E-state index contributed by atoms with van der Waals surface area (Å²) in [5, 5.41) is 3.22. The minimum absolute atomic E-state index is 0.460. The molecule has 18 heavy (non-hydrogen) atoms. The zero-order valence-corrected chi connectivity index (χ0v) is 13.3. The molecule has 1 aromatic heterocycles. The van der Waals surface area contributed by atoms with E-state index in [1.54, 1.807) is 0 Å². The highest BCUT2D eigenvalue weighted by atomic mass is 32.2. The third-order valence-corrected chi connectivity index (χ3v) is 5.82. The molecule has 2 nitrogen and oxygen atoms in total. The zero-order valence-electron chi connectivity index (χ0n) is 11.7. The molecule has 1 saturated heterocycles. The first-order chi connectivity index (χ1) is 8.59. The van der Waals surface area contributed by atoms with Gasteiger partial charge in [0.15, 0.2) is 0 Å². The van der Waals surface area contributed by atoms with Gasteiger partial charge in [0, 0.05) is 39.9 Å². The van der Waals surface area contributed by atoms with Crippen molar-refractivity contribution < 1.29 is 0 Å². The Morgan fingerprint density at radius 2 is 2.06 bits per heavy atom. The Balaban J connectivity index is 1.88. The van der Waals surface area contributed by atoms with Crippen LogP contribution in [0.1, 0.15) is 30.0 Å². The topological polar surface area (TPSA) is 15.3 Å². The van der Waals surface area contributed by atoms with E-state index in [4.69, 9.17) is 0 Å². The van der Waals surface area contributed by atoms with E-state index in [1.165, 1.54) is 35.0 Å². The number of nitrogens with zero attached hydrogens (tertiary/aromatic N) is 1. The molecule has 0 amide bonds. The molecule has 0 bridgehead atoms. The number of hydrogen-bond acceptors (Lipinski definition) is 4. The van der Waals surface area contributed by atoms with Gasteiger partial charge in [0.25, 0.3) is 0 Å². The Morgan fingerprint density at radius 1 is 1.28 bits per heavy atom. The minimum atomic E-state index is 0.460. The Morgan fingerprint density at radius 3 is 2.83 bits per heavy atom. The van der Waals surface area contributed by atoms with E-state index in [0.717, 1.165) is 13.1 Å². The minimum Gasteiger partial charge on any atom is -0.315 e. The molecule has 0 saturated carbocycles. The SMILES string of the molecule is CNCc1ccc(CN2CCSC(C)(C)CC2)s1. The first-order valence-corrected chi connectivity index (χ1v) is 8.48. The fraction of sp³-hybridized carbons (Fsp3) is 0.714. The molecule has 2 rings (SSSR count). The summed E-state index contributed by atoms with van der Waals surface area (Å²) in [5.74, 6) is 1.27. The number of thiophene rings is 1. The second-order valence-electron chi connectivity index (χ2n) is 5.53.